The highest BCUT2D eigenvalue weighted by Crippen LogP contribution is 2.44. The average Bonchev–Trinajstić information content (AvgIpc) is 3.25. The van der Waals surface area contributed by atoms with Crippen molar-refractivity contribution in [1.29, 1.82) is 0 Å². The van der Waals surface area contributed by atoms with Crippen molar-refractivity contribution < 1.29 is 56.0 Å². The number of hydrogen-bond donors (Lipinski definition) is 8. The zero-order valence-electron chi connectivity index (χ0n) is 32.1. The summed E-state index contributed by atoms with van der Waals surface area (Å²) in [5, 5.41) is 61.6. The highest BCUT2D eigenvalue weighted by molar-refractivity contribution is 7.86. The van der Waals surface area contributed by atoms with Gasteiger partial charge in [-0.3, -0.25) is 18.7 Å². The fourth-order valence-corrected chi connectivity index (χ4v) is 7.51. The van der Waals surface area contributed by atoms with Gasteiger partial charge in [-0.25, -0.2) is 9.59 Å². The van der Waals surface area contributed by atoms with E-state index in [4.69, 9.17) is 10.2 Å². The van der Waals surface area contributed by atoms with E-state index in [2.05, 4.69) is 31.1 Å². The van der Waals surface area contributed by atoms with Gasteiger partial charge in [0.15, 0.2) is 11.5 Å². The van der Waals surface area contributed by atoms with Crippen LogP contribution in [0.5, 0.6) is 11.5 Å². The Balaban J connectivity index is 1.19. The van der Waals surface area contributed by atoms with Crippen LogP contribution >= 0.6 is 0 Å². The molecule has 0 saturated carbocycles. The largest absolute Gasteiger partial charge is 0.505 e. The van der Waals surface area contributed by atoms with E-state index in [0.717, 1.165) is 24.3 Å². The summed E-state index contributed by atoms with van der Waals surface area (Å²) >= 11 is 0. The molecule has 0 radical (unpaired) electrons. The molecule has 0 atom stereocenters. The monoisotopic (exact) mass is 904 g/mol. The number of azo groups is 2. The molecule has 0 spiro atoms. The predicted molar refractivity (Wildman–Crippen MR) is 233 cm³/mol. The first-order valence-corrected chi connectivity index (χ1v) is 20.9. The molecule has 0 heterocycles. The minimum absolute atomic E-state index is 0.0131. The van der Waals surface area contributed by atoms with Crippen molar-refractivity contribution in [3.8, 4) is 11.5 Å². The Hall–Kier alpha value is -8.44. The Labute approximate surface area is 359 Å². The number of phenols is 2. The Morgan fingerprint density at radius 3 is 1.20 bits per heavy atom. The summed E-state index contributed by atoms with van der Waals surface area (Å²) in [7, 11) is -9.93. The third-order valence-corrected chi connectivity index (χ3v) is 11.0. The molecule has 0 amide bonds. The predicted octanol–water partition coefficient (Wildman–Crippen LogP) is 8.01. The summed E-state index contributed by atoms with van der Waals surface area (Å²) in [5.41, 5.74) is -2.00. The standard InChI is InChI=1S/C42H28N6O14S2/c49-33(50)15-5-21-1-9-25(10-2-21)45-47-35-31(63(57,58)59)17-23-7-13-27(19-29(23)39(35)53)43-37-38(42(56)41(37)55)44-28-14-8-24-18-32(64(60,61)62)36(40(54)30(24)20-28)48-46-26-11-3-22(4-12-26)6-16-34(51)52/h1-20,43-44,53-54H,(H,49,50)(H,51,52)(H,57,58,59)(H,60,61,62). The normalized spacial score (nSPS) is 12.4. The summed E-state index contributed by atoms with van der Waals surface area (Å²) in [6, 6.07) is 22.0. The Morgan fingerprint density at radius 1 is 0.516 bits per heavy atom. The zero-order valence-corrected chi connectivity index (χ0v) is 33.7. The Bertz CT molecular complexity index is 3270. The maximum Gasteiger partial charge on any atom is 0.328 e. The van der Waals surface area contributed by atoms with Crippen molar-refractivity contribution >= 4 is 111 Å². The number of rotatable bonds is 14. The SMILES string of the molecule is O=C(O)C=Cc1ccc(N=Nc2c(S(=O)(=O)O)cc3ccc(Nc4c(Nc5ccc6cc(S(=O)(=O)O)c(N=Nc7ccc(C=CC(=O)O)cc7)c(O)c6c5)c(=O)c4=O)cc3c2O)cc1. The summed E-state index contributed by atoms with van der Waals surface area (Å²) in [5.74, 6) is -3.77. The molecule has 0 fully saturated rings. The molecular weight excluding hydrogens is 877 g/mol. The lowest BCUT2D eigenvalue weighted by molar-refractivity contribution is -0.132. The van der Waals surface area contributed by atoms with Gasteiger partial charge in [0.2, 0.25) is 0 Å². The Morgan fingerprint density at radius 2 is 0.875 bits per heavy atom. The van der Waals surface area contributed by atoms with Crippen molar-refractivity contribution in [3.63, 3.8) is 0 Å². The Kier molecular flexibility index (Phi) is 11.7. The lowest BCUT2D eigenvalue weighted by atomic mass is 10.1. The fourth-order valence-electron chi connectivity index (χ4n) is 6.20. The highest BCUT2D eigenvalue weighted by Gasteiger charge is 2.26. The first-order chi connectivity index (χ1) is 30.3. The van der Waals surface area contributed by atoms with E-state index < -0.39 is 75.7 Å². The van der Waals surface area contributed by atoms with Gasteiger partial charge in [0.1, 0.15) is 32.5 Å². The number of nitrogens with one attached hydrogen (secondary N) is 2. The fraction of sp³-hybridized carbons (Fsp3) is 0. The number of anilines is 4. The van der Waals surface area contributed by atoms with E-state index in [1.54, 1.807) is 0 Å². The third kappa shape index (κ3) is 9.39. The number of phenolic OH excluding ortho intramolecular Hbond substituents is 2. The van der Waals surface area contributed by atoms with Crippen LogP contribution in [0.3, 0.4) is 0 Å². The molecule has 8 N–H and O–H groups in total. The number of aliphatic carboxylic acids is 2. The van der Waals surface area contributed by atoms with Gasteiger partial charge in [0, 0.05) is 34.3 Å². The van der Waals surface area contributed by atoms with Gasteiger partial charge in [-0.1, -0.05) is 36.4 Å². The van der Waals surface area contributed by atoms with Gasteiger partial charge in [-0.05, 0) is 94.7 Å². The van der Waals surface area contributed by atoms with Gasteiger partial charge in [-0.2, -0.15) is 27.1 Å². The third-order valence-electron chi connectivity index (χ3n) is 9.26. The van der Waals surface area contributed by atoms with Crippen LogP contribution in [-0.2, 0) is 29.8 Å². The van der Waals surface area contributed by atoms with Gasteiger partial charge in [0.25, 0.3) is 31.1 Å². The molecule has 0 unspecified atom stereocenters. The number of carboxylic acids is 2. The van der Waals surface area contributed by atoms with Crippen molar-refractivity contribution in [1.82, 2.24) is 0 Å². The second-order valence-electron chi connectivity index (χ2n) is 13.6. The molecule has 0 aliphatic carbocycles. The zero-order chi connectivity index (χ0) is 46.1. The number of carbonyl (C=O) groups is 2. The number of aromatic hydroxyl groups is 2. The minimum atomic E-state index is -4.97. The van der Waals surface area contributed by atoms with Gasteiger partial charge in [-0.15, -0.1) is 10.2 Å². The summed E-state index contributed by atoms with van der Waals surface area (Å²) < 4.78 is 69.4. The lowest BCUT2D eigenvalue weighted by Crippen LogP contribution is -2.35. The number of carboxylic acid groups (broad SMARTS) is 2. The smallest absolute Gasteiger partial charge is 0.328 e. The van der Waals surface area contributed by atoms with E-state index >= 15 is 0 Å². The number of hydrogen-bond acceptors (Lipinski definition) is 16. The molecule has 7 aromatic carbocycles. The molecule has 322 valence electrons. The minimum Gasteiger partial charge on any atom is -0.505 e. The average molecular weight is 905 g/mol. The van der Waals surface area contributed by atoms with E-state index in [-0.39, 0.29) is 55.7 Å². The van der Waals surface area contributed by atoms with Crippen molar-refractivity contribution in [3.05, 3.63) is 141 Å². The second-order valence-corrected chi connectivity index (χ2v) is 16.3. The summed E-state index contributed by atoms with van der Waals surface area (Å²) in [6.07, 6.45) is 4.50. The molecule has 0 bridgehead atoms. The van der Waals surface area contributed by atoms with Gasteiger partial charge < -0.3 is 31.1 Å². The molecule has 0 aromatic heterocycles. The highest BCUT2D eigenvalue weighted by atomic mass is 32.2. The number of nitrogens with zero attached hydrogens (tertiary/aromatic N) is 4. The van der Waals surface area contributed by atoms with Crippen LogP contribution in [0.25, 0.3) is 33.7 Å². The van der Waals surface area contributed by atoms with Crippen molar-refractivity contribution in [2.75, 3.05) is 10.6 Å². The van der Waals surface area contributed by atoms with Crippen LogP contribution in [0.2, 0.25) is 0 Å². The van der Waals surface area contributed by atoms with Crippen molar-refractivity contribution in [2.45, 2.75) is 9.79 Å². The molecule has 20 nitrogen and oxygen atoms in total. The summed E-state index contributed by atoms with van der Waals surface area (Å²) in [6.45, 7) is 0. The van der Waals surface area contributed by atoms with Crippen LogP contribution in [0.15, 0.2) is 149 Å². The molecule has 0 aliphatic heterocycles. The van der Waals surface area contributed by atoms with Crippen molar-refractivity contribution in [2.24, 2.45) is 20.5 Å². The van der Waals surface area contributed by atoms with E-state index in [1.807, 2.05) is 0 Å². The van der Waals surface area contributed by atoms with Crippen LogP contribution in [-0.4, -0.2) is 58.3 Å². The van der Waals surface area contributed by atoms with Gasteiger partial charge in [0.05, 0.1) is 11.4 Å². The van der Waals surface area contributed by atoms with Crippen LogP contribution in [0.1, 0.15) is 11.1 Å². The van der Waals surface area contributed by atoms with E-state index in [9.17, 15) is 55.3 Å². The number of benzene rings is 6. The van der Waals surface area contributed by atoms with Crippen LogP contribution in [0, 0.1) is 0 Å². The van der Waals surface area contributed by atoms with E-state index in [1.165, 1.54) is 97.1 Å². The van der Waals surface area contributed by atoms with E-state index in [0.29, 0.717) is 11.1 Å². The first-order valence-electron chi connectivity index (χ1n) is 18.0. The van der Waals surface area contributed by atoms with Crippen LogP contribution in [0.4, 0.5) is 45.5 Å². The molecular formula is C42H28N6O14S2. The lowest BCUT2D eigenvalue weighted by Gasteiger charge is -2.17. The van der Waals surface area contributed by atoms with Crippen LogP contribution < -0.4 is 21.5 Å². The van der Waals surface area contributed by atoms with Gasteiger partial charge >= 0.3 is 11.9 Å². The second kappa shape index (κ2) is 17.1. The molecule has 64 heavy (non-hydrogen) atoms. The molecule has 0 aliphatic rings. The number of fused-ring (bicyclic) bond motifs is 2. The maximum absolute atomic E-state index is 12.8. The molecule has 7 rings (SSSR count). The molecule has 7 aromatic rings. The molecule has 22 heteroatoms. The first kappa shape index (κ1) is 43.6. The summed E-state index contributed by atoms with van der Waals surface area (Å²) in [4.78, 5) is 45.7. The molecule has 0 saturated heterocycles. The topological polar surface area (TPSA) is 331 Å². The maximum atomic E-state index is 12.8. The quantitative estimate of drug-likeness (QED) is 0.0222.